The van der Waals surface area contributed by atoms with Crippen LogP contribution in [0.4, 0.5) is 0 Å². The lowest BCUT2D eigenvalue weighted by atomic mass is 10.1. The van der Waals surface area contributed by atoms with Crippen LogP contribution < -0.4 is 11.0 Å². The normalized spacial score (nSPS) is 11.0. The summed E-state index contributed by atoms with van der Waals surface area (Å²) in [5.74, 6) is 0.0251. The fraction of sp³-hybridized carbons (Fsp3) is 0.0667. The molecule has 0 aliphatic rings. The Kier molecular flexibility index (Phi) is 2.38. The van der Waals surface area contributed by atoms with E-state index in [1.54, 1.807) is 37.4 Å². The van der Waals surface area contributed by atoms with Crippen molar-refractivity contribution >= 4 is 21.7 Å². The number of fused-ring (bicyclic) bond motifs is 2. The third kappa shape index (κ3) is 1.61. The Morgan fingerprint density at radius 2 is 1.63 bits per heavy atom. The van der Waals surface area contributed by atoms with E-state index in [0.717, 1.165) is 0 Å². The van der Waals surface area contributed by atoms with Gasteiger partial charge in [0.05, 0.1) is 10.9 Å². The number of phenols is 1. The largest absolute Gasteiger partial charge is 0.508 e. The highest BCUT2D eigenvalue weighted by Crippen LogP contribution is 2.17. The first kappa shape index (κ1) is 11.5. The van der Waals surface area contributed by atoms with Crippen LogP contribution in [-0.2, 0) is 7.05 Å². The predicted octanol–water partition coefficient (Wildman–Crippen LogP) is 1.76. The lowest BCUT2D eigenvalue weighted by molar-refractivity contribution is 0.476. The number of rotatable bonds is 0. The van der Waals surface area contributed by atoms with Crippen molar-refractivity contribution in [3.05, 3.63) is 63.0 Å². The summed E-state index contributed by atoms with van der Waals surface area (Å²) in [5, 5.41) is 10.7. The molecule has 0 aliphatic heterocycles. The fourth-order valence-electron chi connectivity index (χ4n) is 2.29. The molecule has 1 heterocycles. The molecule has 0 unspecified atom stereocenters. The van der Waals surface area contributed by atoms with E-state index < -0.39 is 0 Å². The number of hydrogen-bond acceptors (Lipinski definition) is 3. The molecule has 1 N–H and O–H groups in total. The number of benzene rings is 2. The van der Waals surface area contributed by atoms with Gasteiger partial charge in [0, 0.05) is 23.9 Å². The molecular weight excluding hydrogens is 242 g/mol. The van der Waals surface area contributed by atoms with Gasteiger partial charge in [-0.25, -0.2) is 0 Å². The molecule has 94 valence electrons. The Labute approximate surface area is 108 Å². The Bertz CT molecular complexity index is 926. The van der Waals surface area contributed by atoms with Gasteiger partial charge in [0.2, 0.25) is 0 Å². The molecule has 4 heteroatoms. The Balaban J connectivity index is 2.80. The summed E-state index contributed by atoms with van der Waals surface area (Å²) < 4.78 is 1.39. The molecular formula is C15H11NO3. The van der Waals surface area contributed by atoms with Crippen molar-refractivity contribution < 1.29 is 5.11 Å². The average molecular weight is 253 g/mol. The minimum Gasteiger partial charge on any atom is -0.508 e. The van der Waals surface area contributed by atoms with Gasteiger partial charge in [-0.1, -0.05) is 18.2 Å². The van der Waals surface area contributed by atoms with Crippen LogP contribution in [0.15, 0.2) is 52.1 Å². The highest BCUT2D eigenvalue weighted by atomic mass is 16.3. The van der Waals surface area contributed by atoms with Gasteiger partial charge in [-0.3, -0.25) is 9.59 Å². The molecule has 3 rings (SSSR count). The second-order valence-corrected chi connectivity index (χ2v) is 4.44. The van der Waals surface area contributed by atoms with Crippen LogP contribution in [-0.4, -0.2) is 9.67 Å². The average Bonchev–Trinajstić information content (AvgIpc) is 2.51. The van der Waals surface area contributed by atoms with Gasteiger partial charge in [-0.2, -0.15) is 0 Å². The number of aromatic hydroxyl groups is 1. The third-order valence-corrected chi connectivity index (χ3v) is 3.29. The smallest absolute Gasteiger partial charge is 0.258 e. The van der Waals surface area contributed by atoms with Crippen LogP contribution in [0, 0.1) is 0 Å². The standard InChI is InChI=1S/C15H11NO3/c1-16-13-8-9(17)6-7-12(13)14(18)10-4-2-3-5-11(10)15(16)19/h2-8,17H,1H3. The zero-order valence-corrected chi connectivity index (χ0v) is 10.3. The molecule has 19 heavy (non-hydrogen) atoms. The lowest BCUT2D eigenvalue weighted by Gasteiger charge is -1.99. The van der Waals surface area contributed by atoms with Crippen molar-refractivity contribution in [2.24, 2.45) is 7.05 Å². The SMILES string of the molecule is Cn1c(=O)c2ccccc2c(=O)c2ccc(O)cc21. The first-order valence-electron chi connectivity index (χ1n) is 5.84. The second kappa shape index (κ2) is 3.95. The summed E-state index contributed by atoms with van der Waals surface area (Å²) in [6.45, 7) is 0. The zero-order chi connectivity index (χ0) is 13.6. The molecule has 0 bridgehead atoms. The summed E-state index contributed by atoms with van der Waals surface area (Å²) in [5.41, 5.74) is -0.0391. The number of nitrogens with zero attached hydrogens (tertiary/aromatic N) is 1. The van der Waals surface area contributed by atoms with E-state index >= 15 is 0 Å². The molecule has 0 amide bonds. The Morgan fingerprint density at radius 3 is 2.37 bits per heavy atom. The molecule has 0 aliphatic carbocycles. The molecule has 0 atom stereocenters. The minimum absolute atomic E-state index is 0.0251. The van der Waals surface area contributed by atoms with Gasteiger partial charge in [0.15, 0.2) is 5.43 Å². The van der Waals surface area contributed by atoms with E-state index in [9.17, 15) is 14.7 Å². The van der Waals surface area contributed by atoms with Gasteiger partial charge in [-0.05, 0) is 18.2 Å². The van der Waals surface area contributed by atoms with Crippen LogP contribution in [0.5, 0.6) is 5.75 Å². The Morgan fingerprint density at radius 1 is 0.947 bits per heavy atom. The van der Waals surface area contributed by atoms with E-state index in [4.69, 9.17) is 0 Å². The lowest BCUT2D eigenvalue weighted by Crippen LogP contribution is -2.13. The maximum atomic E-state index is 12.5. The van der Waals surface area contributed by atoms with E-state index in [-0.39, 0.29) is 16.7 Å². The van der Waals surface area contributed by atoms with Gasteiger partial charge in [-0.15, -0.1) is 0 Å². The van der Waals surface area contributed by atoms with E-state index in [1.807, 2.05) is 0 Å². The first-order chi connectivity index (χ1) is 9.09. The van der Waals surface area contributed by atoms with Crippen molar-refractivity contribution in [1.82, 2.24) is 4.57 Å². The van der Waals surface area contributed by atoms with Gasteiger partial charge in [0.25, 0.3) is 5.56 Å². The zero-order valence-electron chi connectivity index (χ0n) is 10.3. The molecule has 0 saturated carbocycles. The predicted molar refractivity (Wildman–Crippen MR) is 74.6 cm³/mol. The quantitative estimate of drug-likeness (QED) is 0.664. The number of hydrogen-bond donors (Lipinski definition) is 1. The summed E-state index contributed by atoms with van der Waals surface area (Å²) >= 11 is 0. The molecule has 3 aromatic rings. The van der Waals surface area contributed by atoms with Crippen LogP contribution in [0.25, 0.3) is 21.7 Å². The first-order valence-corrected chi connectivity index (χ1v) is 5.84. The van der Waals surface area contributed by atoms with Crippen molar-refractivity contribution in [3.8, 4) is 5.75 Å². The summed E-state index contributed by atoms with van der Waals surface area (Å²) in [7, 11) is 1.59. The van der Waals surface area contributed by atoms with Crippen LogP contribution in [0.2, 0.25) is 0 Å². The summed E-state index contributed by atoms with van der Waals surface area (Å²) in [6, 6.07) is 11.2. The highest BCUT2D eigenvalue weighted by Gasteiger charge is 2.08. The summed E-state index contributed by atoms with van der Waals surface area (Å²) in [4.78, 5) is 24.8. The van der Waals surface area contributed by atoms with Crippen LogP contribution >= 0.6 is 0 Å². The van der Waals surface area contributed by atoms with Crippen LogP contribution in [0.1, 0.15) is 0 Å². The molecule has 0 fully saturated rings. The van der Waals surface area contributed by atoms with Gasteiger partial charge >= 0.3 is 0 Å². The highest BCUT2D eigenvalue weighted by molar-refractivity contribution is 5.91. The number of aromatic nitrogens is 1. The fourth-order valence-corrected chi connectivity index (χ4v) is 2.29. The minimum atomic E-state index is -0.256. The van der Waals surface area contributed by atoms with Crippen molar-refractivity contribution in [2.75, 3.05) is 0 Å². The topological polar surface area (TPSA) is 59.3 Å². The van der Waals surface area contributed by atoms with Crippen molar-refractivity contribution in [1.29, 1.82) is 0 Å². The monoisotopic (exact) mass is 253 g/mol. The van der Waals surface area contributed by atoms with E-state index in [0.29, 0.717) is 21.7 Å². The molecule has 0 saturated heterocycles. The molecule has 2 aromatic carbocycles. The third-order valence-electron chi connectivity index (χ3n) is 3.29. The molecule has 0 spiro atoms. The molecule has 4 nitrogen and oxygen atoms in total. The van der Waals surface area contributed by atoms with E-state index in [2.05, 4.69) is 0 Å². The second-order valence-electron chi connectivity index (χ2n) is 4.44. The maximum absolute atomic E-state index is 12.5. The van der Waals surface area contributed by atoms with Crippen molar-refractivity contribution in [2.45, 2.75) is 0 Å². The Hall–Kier alpha value is -2.62. The van der Waals surface area contributed by atoms with Gasteiger partial charge < -0.3 is 9.67 Å². The number of aryl methyl sites for hydroxylation is 1. The number of phenolic OH excluding ortho intramolecular Hbond substituents is 1. The molecule has 0 radical (unpaired) electrons. The summed E-state index contributed by atoms with van der Waals surface area (Å²) in [6.07, 6.45) is 0. The van der Waals surface area contributed by atoms with E-state index in [1.165, 1.54) is 16.7 Å². The molecule has 1 aromatic heterocycles. The van der Waals surface area contributed by atoms with Crippen LogP contribution in [0.3, 0.4) is 0 Å². The maximum Gasteiger partial charge on any atom is 0.258 e. The van der Waals surface area contributed by atoms with Gasteiger partial charge in [0.1, 0.15) is 5.75 Å². The van der Waals surface area contributed by atoms with Crippen molar-refractivity contribution in [3.63, 3.8) is 0 Å².